The van der Waals surface area contributed by atoms with Gasteiger partial charge in [-0.1, -0.05) is 12.1 Å². The molecule has 2 atom stereocenters. The number of aryl methyl sites for hydroxylation is 2. The van der Waals surface area contributed by atoms with Gasteiger partial charge in [-0.05, 0) is 50.5 Å². The molecule has 0 amide bonds. The molecule has 4 rings (SSSR count). The van der Waals surface area contributed by atoms with Crippen molar-refractivity contribution in [2.24, 2.45) is 0 Å². The van der Waals surface area contributed by atoms with Crippen molar-refractivity contribution in [1.29, 1.82) is 0 Å². The van der Waals surface area contributed by atoms with Crippen LogP contribution in [0.1, 0.15) is 42.6 Å². The molecular formula is C19H22FN3O. The summed E-state index contributed by atoms with van der Waals surface area (Å²) in [6, 6.07) is 8.68. The molecule has 1 N–H and O–H groups in total. The van der Waals surface area contributed by atoms with Gasteiger partial charge in [0.1, 0.15) is 5.82 Å². The first-order valence-electron chi connectivity index (χ1n) is 8.54. The summed E-state index contributed by atoms with van der Waals surface area (Å²) >= 11 is 0. The lowest BCUT2D eigenvalue weighted by Gasteiger charge is -2.44. The van der Waals surface area contributed by atoms with Crippen molar-refractivity contribution >= 4 is 5.95 Å². The van der Waals surface area contributed by atoms with Crippen molar-refractivity contribution in [3.8, 4) is 0 Å². The summed E-state index contributed by atoms with van der Waals surface area (Å²) < 4.78 is 13.2. The molecule has 0 spiro atoms. The SMILES string of the molecule is Cc1cc(C)nc(N2C3CCC2CC(O)(c2ccc(F)cc2)C3)n1. The fourth-order valence-electron chi connectivity index (χ4n) is 4.37. The Morgan fingerprint density at radius 1 is 1.04 bits per heavy atom. The lowest BCUT2D eigenvalue weighted by molar-refractivity contribution is -0.00342. The van der Waals surface area contributed by atoms with Crippen molar-refractivity contribution in [2.45, 2.75) is 57.2 Å². The molecule has 0 aliphatic carbocycles. The first-order chi connectivity index (χ1) is 11.4. The van der Waals surface area contributed by atoms with Gasteiger partial charge in [-0.2, -0.15) is 0 Å². The van der Waals surface area contributed by atoms with Crippen LogP contribution in [-0.2, 0) is 5.60 Å². The summed E-state index contributed by atoms with van der Waals surface area (Å²) in [5.74, 6) is 0.507. The van der Waals surface area contributed by atoms with Gasteiger partial charge in [0.25, 0.3) is 0 Å². The molecule has 1 aromatic carbocycles. The third-order valence-corrected chi connectivity index (χ3v) is 5.35. The number of hydrogen-bond acceptors (Lipinski definition) is 4. The van der Waals surface area contributed by atoms with Gasteiger partial charge in [0.15, 0.2) is 0 Å². The third kappa shape index (κ3) is 2.57. The smallest absolute Gasteiger partial charge is 0.226 e. The normalized spacial score (nSPS) is 29.1. The number of rotatable bonds is 2. The molecule has 2 aromatic rings. The Hall–Kier alpha value is -2.01. The molecule has 2 bridgehead atoms. The number of fused-ring (bicyclic) bond motifs is 2. The monoisotopic (exact) mass is 327 g/mol. The number of aliphatic hydroxyl groups is 1. The van der Waals surface area contributed by atoms with E-state index in [9.17, 15) is 9.50 Å². The Labute approximate surface area is 141 Å². The van der Waals surface area contributed by atoms with Crippen LogP contribution in [0.2, 0.25) is 0 Å². The van der Waals surface area contributed by atoms with Crippen LogP contribution in [0.4, 0.5) is 10.3 Å². The van der Waals surface area contributed by atoms with Crippen LogP contribution in [0.3, 0.4) is 0 Å². The average Bonchev–Trinajstić information content (AvgIpc) is 2.79. The lowest BCUT2D eigenvalue weighted by atomic mass is 9.80. The Bertz CT molecular complexity index is 727. The number of anilines is 1. The maximum atomic E-state index is 13.2. The van der Waals surface area contributed by atoms with E-state index in [1.165, 1.54) is 12.1 Å². The second kappa shape index (κ2) is 5.52. The number of hydrogen-bond donors (Lipinski definition) is 1. The molecule has 2 unspecified atom stereocenters. The van der Waals surface area contributed by atoms with E-state index in [1.807, 2.05) is 19.9 Å². The molecule has 4 nitrogen and oxygen atoms in total. The fraction of sp³-hybridized carbons (Fsp3) is 0.474. The fourth-order valence-corrected chi connectivity index (χ4v) is 4.37. The summed E-state index contributed by atoms with van der Waals surface area (Å²) in [4.78, 5) is 11.5. The van der Waals surface area contributed by atoms with Crippen LogP contribution in [0, 0.1) is 19.7 Å². The summed E-state index contributed by atoms with van der Waals surface area (Å²) in [7, 11) is 0. The summed E-state index contributed by atoms with van der Waals surface area (Å²) in [6.45, 7) is 3.97. The minimum Gasteiger partial charge on any atom is -0.385 e. The molecule has 2 fully saturated rings. The van der Waals surface area contributed by atoms with Crippen LogP contribution in [0.25, 0.3) is 0 Å². The topological polar surface area (TPSA) is 49.2 Å². The van der Waals surface area contributed by atoms with Crippen LogP contribution in [0.5, 0.6) is 0 Å². The lowest BCUT2D eigenvalue weighted by Crippen LogP contribution is -2.50. The average molecular weight is 327 g/mol. The molecule has 1 aromatic heterocycles. The van der Waals surface area contributed by atoms with Gasteiger partial charge in [-0.3, -0.25) is 0 Å². The van der Waals surface area contributed by atoms with E-state index in [0.717, 1.165) is 35.7 Å². The molecule has 126 valence electrons. The molecule has 2 saturated heterocycles. The Morgan fingerprint density at radius 2 is 1.58 bits per heavy atom. The summed E-state index contributed by atoms with van der Waals surface area (Å²) in [6.07, 6.45) is 3.33. The predicted molar refractivity (Wildman–Crippen MR) is 90.3 cm³/mol. The van der Waals surface area contributed by atoms with Gasteiger partial charge in [-0.15, -0.1) is 0 Å². The van der Waals surface area contributed by atoms with Gasteiger partial charge in [0.2, 0.25) is 5.95 Å². The van der Waals surface area contributed by atoms with Crippen molar-refractivity contribution in [3.63, 3.8) is 0 Å². The van der Waals surface area contributed by atoms with Crippen molar-refractivity contribution in [2.75, 3.05) is 4.90 Å². The Balaban J connectivity index is 1.65. The van der Waals surface area contributed by atoms with Gasteiger partial charge in [-0.25, -0.2) is 14.4 Å². The first-order valence-corrected chi connectivity index (χ1v) is 8.54. The van der Waals surface area contributed by atoms with Crippen LogP contribution < -0.4 is 4.90 Å². The Morgan fingerprint density at radius 3 is 2.12 bits per heavy atom. The molecule has 3 heterocycles. The second-order valence-corrected chi connectivity index (χ2v) is 7.19. The predicted octanol–water partition coefficient (Wildman–Crippen LogP) is 3.25. The highest BCUT2D eigenvalue weighted by Crippen LogP contribution is 2.46. The van der Waals surface area contributed by atoms with Crippen LogP contribution in [0.15, 0.2) is 30.3 Å². The molecule has 2 aliphatic heterocycles. The third-order valence-electron chi connectivity index (χ3n) is 5.35. The van der Waals surface area contributed by atoms with E-state index in [1.54, 1.807) is 12.1 Å². The Kier molecular flexibility index (Phi) is 3.57. The highest BCUT2D eigenvalue weighted by Gasteiger charge is 2.49. The second-order valence-electron chi connectivity index (χ2n) is 7.19. The maximum absolute atomic E-state index is 13.2. The minimum absolute atomic E-state index is 0.222. The standard InChI is InChI=1S/C19H22FN3O/c1-12-9-13(2)22-18(21-12)23-16-7-8-17(23)11-19(24,10-16)14-3-5-15(20)6-4-14/h3-6,9,16-17,24H,7-8,10-11H2,1-2H3. The zero-order valence-electron chi connectivity index (χ0n) is 14.0. The van der Waals surface area contributed by atoms with Gasteiger partial charge in [0, 0.05) is 36.3 Å². The summed E-state index contributed by atoms with van der Waals surface area (Å²) in [5.41, 5.74) is 1.85. The van der Waals surface area contributed by atoms with Gasteiger partial charge in [0.05, 0.1) is 5.60 Å². The van der Waals surface area contributed by atoms with E-state index in [-0.39, 0.29) is 17.9 Å². The van der Waals surface area contributed by atoms with Crippen molar-refractivity contribution in [1.82, 2.24) is 9.97 Å². The molecule has 2 aliphatic rings. The van der Waals surface area contributed by atoms with Gasteiger partial charge >= 0.3 is 0 Å². The van der Waals surface area contributed by atoms with E-state index in [0.29, 0.717) is 12.8 Å². The minimum atomic E-state index is -0.894. The number of benzene rings is 1. The zero-order chi connectivity index (χ0) is 16.9. The molecule has 0 saturated carbocycles. The van der Waals surface area contributed by atoms with Crippen molar-refractivity contribution < 1.29 is 9.50 Å². The molecule has 5 heteroatoms. The number of halogens is 1. The number of piperidine rings is 1. The molecular weight excluding hydrogens is 305 g/mol. The van der Waals surface area contributed by atoms with Gasteiger partial charge < -0.3 is 10.0 Å². The maximum Gasteiger partial charge on any atom is 0.226 e. The van der Waals surface area contributed by atoms with Crippen LogP contribution in [-0.4, -0.2) is 27.2 Å². The van der Waals surface area contributed by atoms with E-state index < -0.39 is 5.60 Å². The van der Waals surface area contributed by atoms with E-state index in [4.69, 9.17) is 0 Å². The summed E-state index contributed by atoms with van der Waals surface area (Å²) in [5, 5.41) is 11.2. The first kappa shape index (κ1) is 15.5. The van der Waals surface area contributed by atoms with Crippen LogP contribution >= 0.6 is 0 Å². The molecule has 24 heavy (non-hydrogen) atoms. The highest BCUT2D eigenvalue weighted by molar-refractivity contribution is 5.41. The number of nitrogens with zero attached hydrogens (tertiary/aromatic N) is 3. The zero-order valence-corrected chi connectivity index (χ0v) is 14.0. The highest BCUT2D eigenvalue weighted by atomic mass is 19.1. The number of aromatic nitrogens is 2. The largest absolute Gasteiger partial charge is 0.385 e. The quantitative estimate of drug-likeness (QED) is 0.920. The van der Waals surface area contributed by atoms with Crippen molar-refractivity contribution in [3.05, 3.63) is 53.1 Å². The van der Waals surface area contributed by atoms with E-state index >= 15 is 0 Å². The molecule has 0 radical (unpaired) electrons. The van der Waals surface area contributed by atoms with E-state index in [2.05, 4.69) is 14.9 Å².